The summed E-state index contributed by atoms with van der Waals surface area (Å²) >= 11 is 5.83. The van der Waals surface area contributed by atoms with Crippen LogP contribution in [0.3, 0.4) is 0 Å². The largest absolute Gasteiger partial charge is 0.349 e. The fourth-order valence-corrected chi connectivity index (χ4v) is 2.95. The van der Waals surface area contributed by atoms with E-state index in [0.717, 1.165) is 25.7 Å². The van der Waals surface area contributed by atoms with Gasteiger partial charge in [0.25, 0.3) is 11.6 Å². The summed E-state index contributed by atoms with van der Waals surface area (Å²) in [4.78, 5) is 22.4. The van der Waals surface area contributed by atoms with Crippen LogP contribution in [0, 0.1) is 16.0 Å². The predicted molar refractivity (Wildman–Crippen MR) is 81.6 cm³/mol. The molecule has 0 aromatic heterocycles. The first-order valence-corrected chi connectivity index (χ1v) is 7.60. The topological polar surface area (TPSA) is 72.2 Å². The average molecular weight is 311 g/mol. The van der Waals surface area contributed by atoms with Gasteiger partial charge < -0.3 is 5.32 Å². The molecule has 2 atom stereocenters. The van der Waals surface area contributed by atoms with Crippen LogP contribution in [0.4, 0.5) is 5.69 Å². The molecule has 0 radical (unpaired) electrons. The molecule has 0 spiro atoms. The van der Waals surface area contributed by atoms with Gasteiger partial charge >= 0.3 is 0 Å². The van der Waals surface area contributed by atoms with Crippen molar-refractivity contribution in [3.63, 3.8) is 0 Å². The zero-order valence-electron chi connectivity index (χ0n) is 12.0. The van der Waals surface area contributed by atoms with Gasteiger partial charge in [-0.05, 0) is 37.3 Å². The van der Waals surface area contributed by atoms with Gasteiger partial charge in [0.1, 0.15) is 5.02 Å². The minimum atomic E-state index is -0.559. The van der Waals surface area contributed by atoms with Crippen LogP contribution in [0.1, 0.15) is 49.4 Å². The third kappa shape index (κ3) is 4.17. The third-order valence-corrected chi connectivity index (χ3v) is 4.30. The van der Waals surface area contributed by atoms with E-state index in [-0.39, 0.29) is 22.7 Å². The van der Waals surface area contributed by atoms with Crippen molar-refractivity contribution in [3.05, 3.63) is 38.9 Å². The molecule has 2 rings (SSSR count). The minimum Gasteiger partial charge on any atom is -0.349 e. The van der Waals surface area contributed by atoms with E-state index in [0.29, 0.717) is 11.5 Å². The van der Waals surface area contributed by atoms with Crippen molar-refractivity contribution >= 4 is 23.2 Å². The minimum absolute atomic E-state index is 0.0119. The summed E-state index contributed by atoms with van der Waals surface area (Å²) in [6, 6.07) is 4.25. The number of nitrogens with zero attached hydrogens (tertiary/aromatic N) is 1. The maximum atomic E-state index is 12.2. The Morgan fingerprint density at radius 1 is 1.33 bits per heavy atom. The number of rotatable bonds is 3. The number of nitro groups is 1. The fraction of sp³-hybridized carbons (Fsp3) is 0.533. The standard InChI is InChI=1S/C15H19ClN2O3/c1-10-3-2-4-12(7-5-10)17-15(19)11-6-8-14(18(20)21)13(16)9-11/h6,8-10,12H,2-5,7H2,1H3,(H,17,19). The number of nitro benzene ring substituents is 1. The molecule has 6 heteroatoms. The quantitative estimate of drug-likeness (QED) is 0.522. The second-order valence-electron chi connectivity index (χ2n) is 5.71. The summed E-state index contributed by atoms with van der Waals surface area (Å²) < 4.78 is 0. The summed E-state index contributed by atoms with van der Waals surface area (Å²) in [6.45, 7) is 2.24. The molecule has 1 N–H and O–H groups in total. The smallest absolute Gasteiger partial charge is 0.287 e. The first-order valence-electron chi connectivity index (χ1n) is 7.22. The SMILES string of the molecule is CC1CCCC(NC(=O)c2ccc([N+](=O)[O-])c(Cl)c2)CC1. The Hall–Kier alpha value is -1.62. The average Bonchev–Trinajstić information content (AvgIpc) is 2.63. The molecule has 21 heavy (non-hydrogen) atoms. The Bertz CT molecular complexity index is 548. The van der Waals surface area contributed by atoms with Crippen LogP contribution in [0.15, 0.2) is 18.2 Å². The van der Waals surface area contributed by atoms with Gasteiger partial charge in [-0.2, -0.15) is 0 Å². The van der Waals surface area contributed by atoms with E-state index in [2.05, 4.69) is 12.2 Å². The molecule has 1 amide bonds. The van der Waals surface area contributed by atoms with Crippen molar-refractivity contribution in [2.75, 3.05) is 0 Å². The Morgan fingerprint density at radius 3 is 2.76 bits per heavy atom. The normalized spacial score (nSPS) is 22.4. The van der Waals surface area contributed by atoms with Gasteiger partial charge in [0.05, 0.1) is 4.92 Å². The Balaban J connectivity index is 2.03. The number of hydrogen-bond donors (Lipinski definition) is 1. The number of nitrogens with one attached hydrogen (secondary N) is 1. The van der Waals surface area contributed by atoms with Crippen LogP contribution in [0.5, 0.6) is 0 Å². The van der Waals surface area contributed by atoms with Crippen molar-refractivity contribution in [1.82, 2.24) is 5.32 Å². The van der Waals surface area contributed by atoms with Crippen LogP contribution in [-0.4, -0.2) is 16.9 Å². The summed E-state index contributed by atoms with van der Waals surface area (Å²) in [5.74, 6) is 0.493. The van der Waals surface area contributed by atoms with E-state index >= 15 is 0 Å². The van der Waals surface area contributed by atoms with Crippen molar-refractivity contribution in [1.29, 1.82) is 0 Å². The molecule has 5 nitrogen and oxygen atoms in total. The molecule has 1 aromatic rings. The molecule has 0 bridgehead atoms. The highest BCUT2D eigenvalue weighted by molar-refractivity contribution is 6.33. The number of benzene rings is 1. The summed E-state index contributed by atoms with van der Waals surface area (Å²) in [5.41, 5.74) is 0.180. The van der Waals surface area contributed by atoms with Crippen molar-refractivity contribution < 1.29 is 9.72 Å². The second-order valence-corrected chi connectivity index (χ2v) is 6.11. The van der Waals surface area contributed by atoms with Gasteiger partial charge in [-0.15, -0.1) is 0 Å². The fourth-order valence-electron chi connectivity index (χ4n) is 2.70. The van der Waals surface area contributed by atoms with Crippen LogP contribution < -0.4 is 5.32 Å². The van der Waals surface area contributed by atoms with E-state index in [1.807, 2.05) is 0 Å². The highest BCUT2D eigenvalue weighted by Crippen LogP contribution is 2.26. The number of hydrogen-bond acceptors (Lipinski definition) is 3. The first-order chi connectivity index (χ1) is 9.97. The predicted octanol–water partition coefficient (Wildman–Crippen LogP) is 3.95. The van der Waals surface area contributed by atoms with Gasteiger partial charge in [0.15, 0.2) is 0 Å². The summed E-state index contributed by atoms with van der Waals surface area (Å²) in [6.07, 6.45) is 5.40. The van der Waals surface area contributed by atoms with Crippen molar-refractivity contribution in [3.8, 4) is 0 Å². The van der Waals surface area contributed by atoms with Gasteiger partial charge in [0.2, 0.25) is 0 Å². The van der Waals surface area contributed by atoms with Crippen LogP contribution in [0.2, 0.25) is 5.02 Å². The first kappa shape index (κ1) is 15.8. The highest BCUT2D eigenvalue weighted by atomic mass is 35.5. The second kappa shape index (κ2) is 6.89. The Morgan fingerprint density at radius 2 is 2.10 bits per heavy atom. The lowest BCUT2D eigenvalue weighted by atomic mass is 10.0. The zero-order valence-corrected chi connectivity index (χ0v) is 12.7. The summed E-state index contributed by atoms with van der Waals surface area (Å²) in [7, 11) is 0. The van der Waals surface area contributed by atoms with Crippen LogP contribution in [0.25, 0.3) is 0 Å². The lowest BCUT2D eigenvalue weighted by molar-refractivity contribution is -0.384. The number of amides is 1. The molecule has 1 fully saturated rings. The number of carbonyl (C=O) groups is 1. The molecule has 114 valence electrons. The zero-order chi connectivity index (χ0) is 15.4. The van der Waals surface area contributed by atoms with Crippen LogP contribution in [-0.2, 0) is 0 Å². The van der Waals surface area contributed by atoms with Crippen molar-refractivity contribution in [2.24, 2.45) is 5.92 Å². The summed E-state index contributed by atoms with van der Waals surface area (Å²) in [5, 5.41) is 13.7. The van der Waals surface area contributed by atoms with E-state index < -0.39 is 4.92 Å². The molecule has 1 aliphatic carbocycles. The maximum absolute atomic E-state index is 12.2. The van der Waals surface area contributed by atoms with E-state index in [4.69, 9.17) is 11.6 Å². The maximum Gasteiger partial charge on any atom is 0.287 e. The lowest BCUT2D eigenvalue weighted by Crippen LogP contribution is -2.34. The van der Waals surface area contributed by atoms with Gasteiger partial charge in [-0.1, -0.05) is 31.4 Å². The number of carbonyl (C=O) groups excluding carboxylic acids is 1. The van der Waals surface area contributed by atoms with Crippen LogP contribution >= 0.6 is 11.6 Å². The lowest BCUT2D eigenvalue weighted by Gasteiger charge is -2.16. The molecule has 1 aromatic carbocycles. The van der Waals surface area contributed by atoms with E-state index in [9.17, 15) is 14.9 Å². The highest BCUT2D eigenvalue weighted by Gasteiger charge is 2.20. The monoisotopic (exact) mass is 310 g/mol. The molecule has 0 aliphatic heterocycles. The van der Waals surface area contributed by atoms with Gasteiger partial charge in [-0.3, -0.25) is 14.9 Å². The number of halogens is 1. The van der Waals surface area contributed by atoms with E-state index in [1.165, 1.54) is 24.6 Å². The molecule has 0 heterocycles. The van der Waals surface area contributed by atoms with Gasteiger partial charge in [-0.25, -0.2) is 0 Å². The Labute approximate surface area is 128 Å². The molecule has 0 saturated heterocycles. The van der Waals surface area contributed by atoms with E-state index in [1.54, 1.807) is 0 Å². The Kier molecular flexibility index (Phi) is 5.17. The third-order valence-electron chi connectivity index (χ3n) is 4.00. The molecular formula is C15H19ClN2O3. The van der Waals surface area contributed by atoms with Crippen molar-refractivity contribution in [2.45, 2.75) is 45.1 Å². The molecular weight excluding hydrogens is 292 g/mol. The molecule has 1 aliphatic rings. The molecule has 1 saturated carbocycles. The molecule has 2 unspecified atom stereocenters. The van der Waals surface area contributed by atoms with Gasteiger partial charge in [0, 0.05) is 17.7 Å².